The number of nitrogens with zero attached hydrogens (tertiary/aromatic N) is 2. The highest BCUT2D eigenvalue weighted by molar-refractivity contribution is 9.14. The van der Waals surface area contributed by atoms with E-state index >= 15 is 0 Å². The van der Waals surface area contributed by atoms with Crippen LogP contribution in [0.1, 0.15) is 20.7 Å². The maximum absolute atomic E-state index is 11.0. The van der Waals surface area contributed by atoms with Crippen molar-refractivity contribution in [3.8, 4) is 0 Å². The van der Waals surface area contributed by atoms with Crippen LogP contribution in [-0.4, -0.2) is 32.1 Å². The molecule has 134 valence electrons. The number of aromatic nitrogens is 2. The number of para-hydroxylation sites is 2. The zero-order chi connectivity index (χ0) is 19.4. The number of carboxylic acid groups (broad SMARTS) is 2. The number of hydrogen-bond acceptors (Lipinski definition) is 4. The van der Waals surface area contributed by atoms with Crippen LogP contribution >= 0.6 is 63.7 Å². The molecule has 0 spiro atoms. The van der Waals surface area contributed by atoms with Gasteiger partial charge in [-0.3, -0.25) is 9.97 Å². The minimum Gasteiger partial charge on any atom is -0.478 e. The quantitative estimate of drug-likeness (QED) is 0.358. The minimum atomic E-state index is -1.17. The SMILES string of the molecule is O=C(O)c1c(Br)c(Br)c(C(=O)O)c(Br)c1Br.c1ccc2nccnc2c1. The van der Waals surface area contributed by atoms with Crippen LogP contribution in [0.15, 0.2) is 54.6 Å². The number of hydrogen-bond donors (Lipinski definition) is 2. The van der Waals surface area contributed by atoms with E-state index in [4.69, 9.17) is 10.2 Å². The van der Waals surface area contributed by atoms with Gasteiger partial charge in [0.15, 0.2) is 0 Å². The van der Waals surface area contributed by atoms with E-state index in [2.05, 4.69) is 73.7 Å². The summed E-state index contributed by atoms with van der Waals surface area (Å²) in [5, 5.41) is 18.0. The molecule has 0 unspecified atom stereocenters. The summed E-state index contributed by atoms with van der Waals surface area (Å²) in [5.74, 6) is -2.34. The van der Waals surface area contributed by atoms with Gasteiger partial charge in [0.05, 0.1) is 22.2 Å². The molecule has 0 saturated heterocycles. The average Bonchev–Trinajstić information content (AvgIpc) is 2.60. The van der Waals surface area contributed by atoms with Gasteiger partial charge < -0.3 is 10.2 Å². The molecule has 3 rings (SSSR count). The van der Waals surface area contributed by atoms with E-state index < -0.39 is 11.9 Å². The van der Waals surface area contributed by atoms with Crippen LogP contribution in [0.3, 0.4) is 0 Å². The third kappa shape index (κ3) is 4.48. The summed E-state index contributed by atoms with van der Waals surface area (Å²) in [7, 11) is 0. The smallest absolute Gasteiger partial charge is 0.338 e. The lowest BCUT2D eigenvalue weighted by atomic mass is 10.1. The molecule has 2 N–H and O–H groups in total. The lowest BCUT2D eigenvalue weighted by Gasteiger charge is -2.11. The zero-order valence-electron chi connectivity index (χ0n) is 12.6. The molecule has 0 amide bonds. The summed E-state index contributed by atoms with van der Waals surface area (Å²) in [6.45, 7) is 0. The molecule has 0 fully saturated rings. The second-order valence-electron chi connectivity index (χ2n) is 4.66. The van der Waals surface area contributed by atoms with Crippen LogP contribution in [0, 0.1) is 0 Å². The Morgan fingerprint density at radius 2 is 1.00 bits per heavy atom. The molecule has 10 heteroatoms. The van der Waals surface area contributed by atoms with Crippen molar-refractivity contribution in [2.45, 2.75) is 0 Å². The molecule has 0 saturated carbocycles. The van der Waals surface area contributed by atoms with E-state index in [1.807, 2.05) is 24.3 Å². The molecule has 3 aromatic rings. The second-order valence-corrected chi connectivity index (χ2v) is 7.83. The first-order valence-electron chi connectivity index (χ1n) is 6.74. The van der Waals surface area contributed by atoms with E-state index in [1.165, 1.54) is 0 Å². The largest absolute Gasteiger partial charge is 0.478 e. The molecule has 26 heavy (non-hydrogen) atoms. The number of aromatic carboxylic acids is 2. The predicted octanol–water partition coefficient (Wildman–Crippen LogP) is 5.76. The van der Waals surface area contributed by atoms with Gasteiger partial charge in [-0.15, -0.1) is 0 Å². The topological polar surface area (TPSA) is 100 Å². The number of benzene rings is 2. The number of halogens is 4. The van der Waals surface area contributed by atoms with Crippen LogP contribution in [0.4, 0.5) is 0 Å². The third-order valence-corrected chi connectivity index (χ3v) is 7.30. The van der Waals surface area contributed by atoms with Gasteiger partial charge in [-0.25, -0.2) is 9.59 Å². The summed E-state index contributed by atoms with van der Waals surface area (Å²) in [5.41, 5.74) is 1.79. The van der Waals surface area contributed by atoms with E-state index in [9.17, 15) is 9.59 Å². The standard InChI is InChI=1S/C8H2Br4O4.C8H6N2/c9-3-1(7(13)14)4(10)6(12)2(5(3)11)8(15)16;1-2-4-8-7(3-1)9-5-6-10-8/h(H,13,14)(H,15,16);1-6H. The summed E-state index contributed by atoms with van der Waals surface area (Å²) in [6.07, 6.45) is 3.39. The Kier molecular flexibility index (Phi) is 7.27. The molecule has 0 aliphatic rings. The molecule has 2 aromatic carbocycles. The zero-order valence-corrected chi connectivity index (χ0v) is 18.9. The van der Waals surface area contributed by atoms with Crippen LogP contribution in [0.25, 0.3) is 11.0 Å². The fraction of sp³-hybridized carbons (Fsp3) is 0. The van der Waals surface area contributed by atoms with Crippen LogP contribution in [-0.2, 0) is 0 Å². The lowest BCUT2D eigenvalue weighted by Crippen LogP contribution is -2.07. The van der Waals surface area contributed by atoms with E-state index in [0.717, 1.165) is 11.0 Å². The van der Waals surface area contributed by atoms with Crippen molar-refractivity contribution in [2.75, 3.05) is 0 Å². The first-order valence-corrected chi connectivity index (χ1v) is 9.91. The Morgan fingerprint density at radius 3 is 1.27 bits per heavy atom. The molecule has 6 nitrogen and oxygen atoms in total. The Balaban J connectivity index is 0.000000206. The molecule has 0 aliphatic heterocycles. The average molecular weight is 612 g/mol. The molecule has 0 aliphatic carbocycles. The first-order chi connectivity index (χ1) is 12.3. The number of rotatable bonds is 2. The molecule has 1 heterocycles. The van der Waals surface area contributed by atoms with Gasteiger partial charge in [-0.05, 0) is 75.9 Å². The van der Waals surface area contributed by atoms with Gasteiger partial charge in [0.25, 0.3) is 0 Å². The fourth-order valence-corrected chi connectivity index (χ4v) is 4.71. The van der Waals surface area contributed by atoms with Crippen molar-refractivity contribution in [3.05, 3.63) is 65.7 Å². The van der Waals surface area contributed by atoms with Crippen molar-refractivity contribution >= 4 is 86.7 Å². The Labute approximate surface area is 181 Å². The lowest BCUT2D eigenvalue weighted by molar-refractivity contribution is 0.0677. The molecule has 0 radical (unpaired) electrons. The summed E-state index contributed by atoms with van der Waals surface area (Å²) < 4.78 is 0.694. The Hall–Kier alpha value is -1.36. The Morgan fingerprint density at radius 1 is 0.692 bits per heavy atom. The molecule has 1 aromatic heterocycles. The molecular formula is C16H8Br4N2O4. The van der Waals surface area contributed by atoms with Gasteiger partial charge in [0.2, 0.25) is 0 Å². The van der Waals surface area contributed by atoms with Crippen molar-refractivity contribution in [1.29, 1.82) is 0 Å². The molecular weight excluding hydrogens is 604 g/mol. The molecule has 0 bridgehead atoms. The monoisotopic (exact) mass is 608 g/mol. The van der Waals surface area contributed by atoms with Crippen molar-refractivity contribution in [1.82, 2.24) is 9.97 Å². The Bertz CT molecular complexity index is 871. The van der Waals surface area contributed by atoms with Gasteiger partial charge >= 0.3 is 11.9 Å². The number of carboxylic acids is 2. The van der Waals surface area contributed by atoms with Gasteiger partial charge in [0, 0.05) is 30.3 Å². The molecule has 0 atom stereocenters. The summed E-state index contributed by atoms with van der Waals surface area (Å²) in [6, 6.07) is 7.80. The van der Waals surface area contributed by atoms with Gasteiger partial charge in [-0.1, -0.05) is 12.1 Å². The van der Waals surface area contributed by atoms with E-state index in [-0.39, 0.29) is 29.0 Å². The van der Waals surface area contributed by atoms with Crippen LogP contribution in [0.2, 0.25) is 0 Å². The maximum atomic E-state index is 11.0. The van der Waals surface area contributed by atoms with Crippen molar-refractivity contribution < 1.29 is 19.8 Å². The maximum Gasteiger partial charge on any atom is 0.338 e. The predicted molar refractivity (Wildman–Crippen MR) is 111 cm³/mol. The van der Waals surface area contributed by atoms with Crippen LogP contribution < -0.4 is 0 Å². The summed E-state index contributed by atoms with van der Waals surface area (Å²) in [4.78, 5) is 30.2. The van der Waals surface area contributed by atoms with Crippen LogP contribution in [0.5, 0.6) is 0 Å². The fourth-order valence-electron chi connectivity index (χ4n) is 1.92. The number of fused-ring (bicyclic) bond motifs is 1. The first kappa shape index (κ1) is 20.9. The highest BCUT2D eigenvalue weighted by Gasteiger charge is 2.26. The van der Waals surface area contributed by atoms with Gasteiger partial charge in [-0.2, -0.15) is 0 Å². The van der Waals surface area contributed by atoms with E-state index in [1.54, 1.807) is 12.4 Å². The third-order valence-electron chi connectivity index (χ3n) is 3.07. The van der Waals surface area contributed by atoms with Gasteiger partial charge in [0.1, 0.15) is 0 Å². The minimum absolute atomic E-state index is 0.0521. The number of carbonyl (C=O) groups is 2. The normalized spacial score (nSPS) is 10.2. The second kappa shape index (κ2) is 9.03. The summed E-state index contributed by atoms with van der Waals surface area (Å²) >= 11 is 12.2. The highest BCUT2D eigenvalue weighted by Crippen LogP contribution is 2.41. The van der Waals surface area contributed by atoms with E-state index in [0.29, 0.717) is 0 Å². The highest BCUT2D eigenvalue weighted by atomic mass is 79.9. The van der Waals surface area contributed by atoms with Crippen molar-refractivity contribution in [3.63, 3.8) is 0 Å². The van der Waals surface area contributed by atoms with Crippen molar-refractivity contribution in [2.24, 2.45) is 0 Å².